The predicted molar refractivity (Wildman–Crippen MR) is 117 cm³/mol. The number of benzene rings is 1. The van der Waals surface area contributed by atoms with E-state index in [-0.39, 0.29) is 17.5 Å². The highest BCUT2D eigenvalue weighted by Gasteiger charge is 2.57. The lowest BCUT2D eigenvalue weighted by Crippen LogP contribution is -2.48. The number of allylic oxidation sites excluding steroid dienone is 1. The molecular formula is C27H34O3. The first-order valence-electron chi connectivity index (χ1n) is 12.0. The number of hydrogen-bond acceptors (Lipinski definition) is 3. The summed E-state index contributed by atoms with van der Waals surface area (Å²) in [6.45, 7) is 2.39. The molecule has 0 saturated heterocycles. The van der Waals surface area contributed by atoms with Gasteiger partial charge in [0.15, 0.2) is 5.78 Å². The Morgan fingerprint density at radius 3 is 2.70 bits per heavy atom. The Bertz CT molecular complexity index is 841. The molecular weight excluding hydrogens is 372 g/mol. The van der Waals surface area contributed by atoms with Gasteiger partial charge >= 0.3 is 5.97 Å². The number of aryl methyl sites for hydroxylation is 1. The lowest BCUT2D eigenvalue weighted by atomic mass is 9.52. The number of ketones is 1. The largest absolute Gasteiger partial charge is 0.462 e. The van der Waals surface area contributed by atoms with Crippen LogP contribution in [0.25, 0.3) is 0 Å². The van der Waals surface area contributed by atoms with Crippen molar-refractivity contribution in [1.29, 1.82) is 0 Å². The number of carbonyl (C=O) groups is 2. The molecule has 0 aliphatic heterocycles. The van der Waals surface area contributed by atoms with E-state index in [1.807, 2.05) is 24.3 Å². The molecule has 0 N–H and O–H groups in total. The van der Waals surface area contributed by atoms with E-state index in [4.69, 9.17) is 4.74 Å². The van der Waals surface area contributed by atoms with Gasteiger partial charge in [0.1, 0.15) is 6.10 Å². The molecule has 0 heterocycles. The predicted octanol–water partition coefficient (Wildman–Crippen LogP) is 5.67. The Kier molecular flexibility index (Phi) is 5.33. The maximum atomic E-state index is 12.6. The summed E-state index contributed by atoms with van der Waals surface area (Å²) in [5.41, 5.74) is 2.77. The molecule has 4 aliphatic carbocycles. The molecule has 3 heteroatoms. The van der Waals surface area contributed by atoms with Gasteiger partial charge in [0, 0.05) is 18.3 Å². The lowest BCUT2D eigenvalue weighted by Gasteiger charge is -2.53. The third kappa shape index (κ3) is 3.55. The van der Waals surface area contributed by atoms with Gasteiger partial charge in [-0.2, -0.15) is 0 Å². The highest BCUT2D eigenvalue weighted by atomic mass is 16.5. The number of fused-ring (bicyclic) bond motifs is 5. The van der Waals surface area contributed by atoms with Crippen molar-refractivity contribution in [2.75, 3.05) is 0 Å². The van der Waals surface area contributed by atoms with Gasteiger partial charge in [0.2, 0.25) is 0 Å². The molecule has 1 aromatic carbocycles. The molecule has 6 atom stereocenters. The summed E-state index contributed by atoms with van der Waals surface area (Å²) in [5, 5.41) is 0. The van der Waals surface area contributed by atoms with Gasteiger partial charge in [-0.1, -0.05) is 42.8 Å². The minimum atomic E-state index is -0.0347. The maximum absolute atomic E-state index is 12.6. The van der Waals surface area contributed by atoms with Gasteiger partial charge in [-0.05, 0) is 86.7 Å². The molecule has 3 fully saturated rings. The van der Waals surface area contributed by atoms with Crippen molar-refractivity contribution in [3.05, 3.63) is 47.5 Å². The second kappa shape index (κ2) is 7.98. The van der Waals surface area contributed by atoms with Gasteiger partial charge < -0.3 is 4.74 Å². The van der Waals surface area contributed by atoms with Crippen molar-refractivity contribution in [2.45, 2.75) is 77.2 Å². The molecule has 1 aromatic rings. The summed E-state index contributed by atoms with van der Waals surface area (Å²) >= 11 is 0. The number of esters is 1. The average Bonchev–Trinajstić information content (AvgIpc) is 3.09. The zero-order chi connectivity index (χ0) is 20.7. The molecule has 4 unspecified atom stereocenters. The van der Waals surface area contributed by atoms with E-state index in [2.05, 4.69) is 19.1 Å². The van der Waals surface area contributed by atoms with Crippen LogP contribution in [-0.2, 0) is 20.7 Å². The van der Waals surface area contributed by atoms with Crippen LogP contribution in [0.4, 0.5) is 0 Å². The van der Waals surface area contributed by atoms with Gasteiger partial charge in [-0.3, -0.25) is 9.59 Å². The first-order valence-corrected chi connectivity index (χ1v) is 12.0. The van der Waals surface area contributed by atoms with Crippen LogP contribution in [0.3, 0.4) is 0 Å². The Morgan fingerprint density at radius 2 is 1.87 bits per heavy atom. The molecule has 3 saturated carbocycles. The van der Waals surface area contributed by atoms with Crippen LogP contribution in [0.2, 0.25) is 0 Å². The highest BCUT2D eigenvalue weighted by molar-refractivity contribution is 5.91. The smallest absolute Gasteiger partial charge is 0.306 e. The molecule has 0 spiro atoms. The van der Waals surface area contributed by atoms with Crippen molar-refractivity contribution < 1.29 is 14.3 Å². The molecule has 0 bridgehead atoms. The Balaban J connectivity index is 1.23. The van der Waals surface area contributed by atoms with Crippen LogP contribution in [0.1, 0.15) is 70.3 Å². The van der Waals surface area contributed by atoms with Crippen molar-refractivity contribution in [2.24, 2.45) is 29.1 Å². The van der Waals surface area contributed by atoms with Crippen molar-refractivity contribution in [1.82, 2.24) is 0 Å². The van der Waals surface area contributed by atoms with Crippen LogP contribution in [0.5, 0.6) is 0 Å². The Hall–Kier alpha value is -1.90. The SMILES string of the molecule is CC12CC[C@@H]3C4CCC(=O)C=C4CCC3[C@@H]1CCC2OC(=O)CCc1ccccc1. The fraction of sp³-hybridized carbons (Fsp3) is 0.630. The van der Waals surface area contributed by atoms with Crippen molar-refractivity contribution in [3.8, 4) is 0 Å². The number of hydrogen-bond donors (Lipinski definition) is 0. The number of carbonyl (C=O) groups excluding carboxylic acids is 2. The number of rotatable bonds is 4. The molecule has 4 aliphatic rings. The summed E-state index contributed by atoms with van der Waals surface area (Å²) in [4.78, 5) is 24.5. The van der Waals surface area contributed by atoms with E-state index in [1.54, 1.807) is 0 Å². The standard InChI is InChI=1S/C27H34O3/c1-27-16-15-22-21-11-9-20(28)17-19(21)8-10-23(22)24(27)12-13-25(27)30-26(29)14-7-18-5-3-2-4-6-18/h2-6,17,21-25H,7-16H2,1H3/t21?,22-,23?,24+,25?,27?/m1/s1. The van der Waals surface area contributed by atoms with Crippen LogP contribution in [0, 0.1) is 29.1 Å². The fourth-order valence-electron chi connectivity index (χ4n) is 7.43. The summed E-state index contributed by atoms with van der Waals surface area (Å²) in [7, 11) is 0. The third-order valence-electron chi connectivity index (χ3n) is 8.95. The second-order valence-corrected chi connectivity index (χ2v) is 10.4. The summed E-state index contributed by atoms with van der Waals surface area (Å²) in [5.74, 6) is 3.09. The average molecular weight is 407 g/mol. The first-order chi connectivity index (χ1) is 14.5. The summed E-state index contributed by atoms with van der Waals surface area (Å²) in [6.07, 6.45) is 12.0. The van der Waals surface area contributed by atoms with E-state index in [1.165, 1.54) is 30.4 Å². The van der Waals surface area contributed by atoms with E-state index in [0.717, 1.165) is 50.4 Å². The molecule has 3 nitrogen and oxygen atoms in total. The fourth-order valence-corrected chi connectivity index (χ4v) is 7.43. The van der Waals surface area contributed by atoms with Crippen LogP contribution in [-0.4, -0.2) is 17.9 Å². The second-order valence-electron chi connectivity index (χ2n) is 10.4. The van der Waals surface area contributed by atoms with Gasteiger partial charge in [0.05, 0.1) is 0 Å². The normalized spacial score (nSPS) is 37.6. The van der Waals surface area contributed by atoms with Gasteiger partial charge in [-0.25, -0.2) is 0 Å². The van der Waals surface area contributed by atoms with Crippen LogP contribution < -0.4 is 0 Å². The van der Waals surface area contributed by atoms with E-state index in [0.29, 0.717) is 24.0 Å². The third-order valence-corrected chi connectivity index (χ3v) is 8.95. The highest BCUT2D eigenvalue weighted by Crippen LogP contribution is 2.62. The lowest BCUT2D eigenvalue weighted by molar-refractivity contribution is -0.158. The van der Waals surface area contributed by atoms with Gasteiger partial charge in [-0.15, -0.1) is 0 Å². The maximum Gasteiger partial charge on any atom is 0.306 e. The quantitative estimate of drug-likeness (QED) is 0.605. The molecule has 5 rings (SSSR count). The summed E-state index contributed by atoms with van der Waals surface area (Å²) in [6, 6.07) is 10.2. The molecule has 160 valence electrons. The molecule has 0 amide bonds. The van der Waals surface area contributed by atoms with Crippen molar-refractivity contribution >= 4 is 11.8 Å². The van der Waals surface area contributed by atoms with Crippen LogP contribution >= 0.6 is 0 Å². The first kappa shape index (κ1) is 20.0. The zero-order valence-corrected chi connectivity index (χ0v) is 18.1. The van der Waals surface area contributed by atoms with Gasteiger partial charge in [0.25, 0.3) is 0 Å². The topological polar surface area (TPSA) is 43.4 Å². The zero-order valence-electron chi connectivity index (χ0n) is 18.1. The Labute approximate surface area is 180 Å². The van der Waals surface area contributed by atoms with E-state index in [9.17, 15) is 9.59 Å². The minimum Gasteiger partial charge on any atom is -0.462 e. The van der Waals surface area contributed by atoms with E-state index < -0.39 is 0 Å². The Morgan fingerprint density at radius 1 is 1.03 bits per heavy atom. The monoisotopic (exact) mass is 406 g/mol. The van der Waals surface area contributed by atoms with Crippen LogP contribution in [0.15, 0.2) is 42.0 Å². The summed E-state index contributed by atoms with van der Waals surface area (Å²) < 4.78 is 6.11. The molecule has 0 radical (unpaired) electrons. The molecule has 30 heavy (non-hydrogen) atoms. The minimum absolute atomic E-state index is 0.0347. The van der Waals surface area contributed by atoms with Crippen molar-refractivity contribution in [3.63, 3.8) is 0 Å². The number of ether oxygens (including phenoxy) is 1. The van der Waals surface area contributed by atoms with E-state index >= 15 is 0 Å². The molecule has 0 aromatic heterocycles.